The fourth-order valence-corrected chi connectivity index (χ4v) is 4.97. The first-order valence-corrected chi connectivity index (χ1v) is 12.5. The minimum Gasteiger partial charge on any atom is -0.496 e. The van der Waals surface area contributed by atoms with Crippen LogP contribution in [-0.2, 0) is 11.3 Å². The van der Waals surface area contributed by atoms with E-state index in [1.54, 1.807) is 14.2 Å². The van der Waals surface area contributed by atoms with Crippen LogP contribution in [-0.4, -0.2) is 51.7 Å². The summed E-state index contributed by atoms with van der Waals surface area (Å²) in [6.07, 6.45) is 0. The highest BCUT2D eigenvalue weighted by atomic mass is 35.5. The molecule has 2 aromatic carbocycles. The van der Waals surface area contributed by atoms with E-state index < -0.39 is 0 Å². The Morgan fingerprint density at radius 2 is 1.80 bits per heavy atom. The molecule has 182 valence electrons. The van der Waals surface area contributed by atoms with Crippen molar-refractivity contribution < 1.29 is 14.3 Å². The zero-order chi connectivity index (χ0) is 24.9. The molecule has 0 atom stereocenters. The van der Waals surface area contributed by atoms with Crippen molar-refractivity contribution in [1.82, 2.24) is 19.3 Å². The SMILES string of the molecule is COCCn1c(C)cc(C(=O)CSc2nnc(-c3ccccc3OC)n2-c2ccc(Cl)cc2)c1C. The molecule has 4 aromatic rings. The van der Waals surface area contributed by atoms with Crippen LogP contribution >= 0.6 is 23.4 Å². The number of aryl methyl sites for hydroxylation is 1. The fourth-order valence-electron chi connectivity index (χ4n) is 4.01. The molecule has 7 nitrogen and oxygen atoms in total. The zero-order valence-electron chi connectivity index (χ0n) is 20.1. The van der Waals surface area contributed by atoms with Gasteiger partial charge in [-0.3, -0.25) is 9.36 Å². The number of carbonyl (C=O) groups excluding carboxylic acids is 1. The van der Waals surface area contributed by atoms with Crippen molar-refractivity contribution in [3.8, 4) is 22.8 Å². The van der Waals surface area contributed by atoms with Crippen LogP contribution in [0.15, 0.2) is 59.8 Å². The summed E-state index contributed by atoms with van der Waals surface area (Å²) in [5, 5.41) is 10.1. The van der Waals surface area contributed by atoms with Crippen molar-refractivity contribution in [2.45, 2.75) is 25.5 Å². The van der Waals surface area contributed by atoms with Gasteiger partial charge in [-0.15, -0.1) is 10.2 Å². The van der Waals surface area contributed by atoms with Gasteiger partial charge in [0.05, 0.1) is 25.0 Å². The Morgan fingerprint density at radius 1 is 1.06 bits per heavy atom. The number of aromatic nitrogens is 4. The Hall–Kier alpha value is -3.07. The summed E-state index contributed by atoms with van der Waals surface area (Å²) in [4.78, 5) is 13.2. The number of methoxy groups -OCH3 is 2. The summed E-state index contributed by atoms with van der Waals surface area (Å²) in [7, 11) is 3.30. The van der Waals surface area contributed by atoms with E-state index in [0.717, 1.165) is 22.6 Å². The van der Waals surface area contributed by atoms with Gasteiger partial charge < -0.3 is 14.0 Å². The summed E-state index contributed by atoms with van der Waals surface area (Å²) in [6.45, 7) is 5.27. The normalized spacial score (nSPS) is 11.1. The number of ketones is 1. The third-order valence-electron chi connectivity index (χ3n) is 5.79. The highest BCUT2D eigenvalue weighted by molar-refractivity contribution is 7.99. The van der Waals surface area contributed by atoms with Gasteiger partial charge in [-0.25, -0.2) is 0 Å². The average Bonchev–Trinajstić information content (AvgIpc) is 3.42. The Labute approximate surface area is 214 Å². The zero-order valence-corrected chi connectivity index (χ0v) is 21.7. The first kappa shape index (κ1) is 25.0. The number of nitrogens with zero attached hydrogens (tertiary/aromatic N) is 4. The summed E-state index contributed by atoms with van der Waals surface area (Å²) in [6, 6.07) is 17.0. The predicted octanol–water partition coefficient (Wildman–Crippen LogP) is 5.64. The molecule has 0 aliphatic carbocycles. The number of hydrogen-bond donors (Lipinski definition) is 0. The molecule has 0 aliphatic rings. The van der Waals surface area contributed by atoms with Gasteiger partial charge in [0.2, 0.25) is 0 Å². The van der Waals surface area contributed by atoms with Crippen LogP contribution in [0.25, 0.3) is 17.1 Å². The van der Waals surface area contributed by atoms with E-state index in [1.807, 2.05) is 73.0 Å². The number of carbonyl (C=O) groups is 1. The molecule has 0 aliphatic heterocycles. The Kier molecular flexibility index (Phi) is 7.95. The maximum Gasteiger partial charge on any atom is 0.196 e. The van der Waals surface area contributed by atoms with Crippen molar-refractivity contribution >= 4 is 29.1 Å². The van der Waals surface area contributed by atoms with Crippen LogP contribution in [0.4, 0.5) is 0 Å². The Balaban J connectivity index is 1.66. The van der Waals surface area contributed by atoms with E-state index in [0.29, 0.717) is 40.5 Å². The largest absolute Gasteiger partial charge is 0.496 e. The first-order chi connectivity index (χ1) is 16.9. The van der Waals surface area contributed by atoms with E-state index in [1.165, 1.54) is 11.8 Å². The smallest absolute Gasteiger partial charge is 0.196 e. The molecule has 0 amide bonds. The molecule has 0 unspecified atom stereocenters. The number of ether oxygens (including phenoxy) is 2. The maximum atomic E-state index is 13.2. The molecule has 2 heterocycles. The molecule has 0 bridgehead atoms. The standard InChI is InChI=1S/C26H27ClN4O3S/c1-17-15-22(18(2)30(17)13-14-33-3)23(32)16-35-26-29-28-25(21-7-5-6-8-24(21)34-4)31(26)20-11-9-19(27)10-12-20/h5-12,15H,13-14,16H2,1-4H3. The number of rotatable bonds is 10. The van der Waals surface area contributed by atoms with Crippen LogP contribution in [0.5, 0.6) is 5.75 Å². The van der Waals surface area contributed by atoms with Gasteiger partial charge in [0.1, 0.15) is 5.75 Å². The molecular formula is C26H27ClN4O3S. The van der Waals surface area contributed by atoms with Crippen LogP contribution in [0.1, 0.15) is 21.7 Å². The number of benzene rings is 2. The summed E-state index contributed by atoms with van der Waals surface area (Å²) >= 11 is 7.48. The second-order valence-corrected chi connectivity index (χ2v) is 9.34. The molecule has 0 spiro atoms. The molecule has 0 fully saturated rings. The van der Waals surface area contributed by atoms with Crippen molar-refractivity contribution in [3.63, 3.8) is 0 Å². The molecule has 0 N–H and O–H groups in total. The predicted molar refractivity (Wildman–Crippen MR) is 139 cm³/mol. The van der Waals surface area contributed by atoms with E-state index in [2.05, 4.69) is 14.8 Å². The topological polar surface area (TPSA) is 71.2 Å². The molecule has 4 rings (SSSR count). The molecule has 2 aromatic heterocycles. The Morgan fingerprint density at radius 3 is 2.51 bits per heavy atom. The van der Waals surface area contributed by atoms with E-state index in [-0.39, 0.29) is 11.5 Å². The quantitative estimate of drug-likeness (QED) is 0.203. The van der Waals surface area contributed by atoms with Gasteiger partial charge in [0.15, 0.2) is 16.8 Å². The average molecular weight is 511 g/mol. The van der Waals surface area contributed by atoms with Crippen LogP contribution in [0.2, 0.25) is 5.02 Å². The van der Waals surface area contributed by atoms with Gasteiger partial charge in [-0.2, -0.15) is 0 Å². The second kappa shape index (κ2) is 11.1. The van der Waals surface area contributed by atoms with Crippen molar-refractivity contribution in [3.05, 3.63) is 76.6 Å². The fraction of sp³-hybridized carbons (Fsp3) is 0.269. The highest BCUT2D eigenvalue weighted by Gasteiger charge is 2.21. The number of Topliss-reactive ketones (excluding diaryl/α,β-unsaturated/α-hetero) is 1. The van der Waals surface area contributed by atoms with Gasteiger partial charge in [-0.05, 0) is 56.3 Å². The van der Waals surface area contributed by atoms with Crippen LogP contribution < -0.4 is 4.74 Å². The summed E-state index contributed by atoms with van der Waals surface area (Å²) < 4.78 is 14.8. The third kappa shape index (κ3) is 5.29. The van der Waals surface area contributed by atoms with E-state index >= 15 is 0 Å². The molecule has 0 saturated heterocycles. The summed E-state index contributed by atoms with van der Waals surface area (Å²) in [5.74, 6) is 1.58. The van der Waals surface area contributed by atoms with Gasteiger partial charge in [-0.1, -0.05) is 35.5 Å². The number of hydrogen-bond acceptors (Lipinski definition) is 6. The highest BCUT2D eigenvalue weighted by Crippen LogP contribution is 2.34. The summed E-state index contributed by atoms with van der Waals surface area (Å²) in [5.41, 5.74) is 4.34. The molecule has 35 heavy (non-hydrogen) atoms. The molecular weight excluding hydrogens is 484 g/mol. The molecule has 9 heteroatoms. The van der Waals surface area contributed by atoms with Gasteiger partial charge >= 0.3 is 0 Å². The lowest BCUT2D eigenvalue weighted by Gasteiger charge is -2.12. The lowest BCUT2D eigenvalue weighted by molar-refractivity contribution is 0.102. The van der Waals surface area contributed by atoms with Crippen molar-refractivity contribution in [1.29, 1.82) is 0 Å². The molecule has 0 saturated carbocycles. The molecule has 0 radical (unpaired) electrons. The minimum absolute atomic E-state index is 0.0382. The van der Waals surface area contributed by atoms with E-state index in [4.69, 9.17) is 21.1 Å². The van der Waals surface area contributed by atoms with E-state index in [9.17, 15) is 4.79 Å². The number of thioether (sulfide) groups is 1. The van der Waals surface area contributed by atoms with Gasteiger partial charge in [0.25, 0.3) is 0 Å². The minimum atomic E-state index is 0.0382. The second-order valence-electron chi connectivity index (χ2n) is 7.96. The monoisotopic (exact) mass is 510 g/mol. The lowest BCUT2D eigenvalue weighted by atomic mass is 10.2. The first-order valence-electron chi connectivity index (χ1n) is 11.1. The maximum absolute atomic E-state index is 13.2. The van der Waals surface area contributed by atoms with Crippen LogP contribution in [0, 0.1) is 13.8 Å². The van der Waals surface area contributed by atoms with Gasteiger partial charge in [0, 0.05) is 41.3 Å². The number of halogens is 1. The lowest BCUT2D eigenvalue weighted by Crippen LogP contribution is -2.10. The van der Waals surface area contributed by atoms with Crippen molar-refractivity contribution in [2.24, 2.45) is 0 Å². The Bertz CT molecular complexity index is 1330. The third-order valence-corrected chi connectivity index (χ3v) is 6.97. The van der Waals surface area contributed by atoms with Crippen LogP contribution in [0.3, 0.4) is 0 Å². The van der Waals surface area contributed by atoms with Crippen molar-refractivity contribution in [2.75, 3.05) is 26.6 Å². The number of para-hydroxylation sites is 1.